The van der Waals surface area contributed by atoms with Crippen molar-refractivity contribution in [3.05, 3.63) is 16.8 Å². The van der Waals surface area contributed by atoms with E-state index in [-0.39, 0.29) is 5.91 Å². The molecule has 1 amide bonds. The van der Waals surface area contributed by atoms with Crippen LogP contribution in [-0.2, 0) is 4.79 Å². The van der Waals surface area contributed by atoms with Crippen molar-refractivity contribution in [2.24, 2.45) is 5.92 Å². The van der Waals surface area contributed by atoms with Gasteiger partial charge in [-0.15, -0.1) is 11.3 Å². The summed E-state index contributed by atoms with van der Waals surface area (Å²) in [6.45, 7) is 10.9. The Morgan fingerprint density at radius 3 is 2.72 bits per heavy atom. The summed E-state index contributed by atoms with van der Waals surface area (Å²) in [4.78, 5) is 26.2. The molecule has 25 heavy (non-hydrogen) atoms. The van der Waals surface area contributed by atoms with Crippen LogP contribution in [0.1, 0.15) is 50.5 Å². The Hall–Kier alpha value is -1.14. The fourth-order valence-electron chi connectivity index (χ4n) is 3.20. The number of amides is 1. The van der Waals surface area contributed by atoms with Crippen molar-refractivity contribution in [2.45, 2.75) is 71.0 Å². The number of nitrogens with zero attached hydrogens (tertiary/aromatic N) is 3. The number of carbonyl (C=O) groups excluding carboxylic acids is 1. The van der Waals surface area contributed by atoms with Gasteiger partial charge in [-0.1, -0.05) is 32.0 Å². The van der Waals surface area contributed by atoms with E-state index in [0.29, 0.717) is 23.8 Å². The third-order valence-corrected chi connectivity index (χ3v) is 7.49. The molecular weight excluding hydrogens is 350 g/mol. The third-order valence-electron chi connectivity index (χ3n) is 5.40. The van der Waals surface area contributed by atoms with Gasteiger partial charge >= 0.3 is 0 Å². The lowest BCUT2D eigenvalue weighted by Gasteiger charge is -2.33. The van der Waals surface area contributed by atoms with Crippen LogP contribution in [0, 0.1) is 19.8 Å². The number of thiophene rings is 1. The quantitative estimate of drug-likeness (QED) is 0.512. The zero-order chi connectivity index (χ0) is 18.1. The zero-order valence-corrected chi connectivity index (χ0v) is 17.3. The molecule has 1 aliphatic rings. The second kappa shape index (κ2) is 7.62. The maximum atomic E-state index is 13.0. The summed E-state index contributed by atoms with van der Waals surface area (Å²) >= 11 is 3.26. The standard InChI is InChI=1S/C19H27N3OS2/c1-6-11(2)13(4)22(15-7-8-15)16(23)9-24-18-17-12(3)14(5)25-19(17)21-10-20-18/h10-11,13,15H,6-9H2,1-5H3. The van der Waals surface area contributed by atoms with Gasteiger partial charge in [0.25, 0.3) is 0 Å². The molecule has 3 rings (SSSR count). The summed E-state index contributed by atoms with van der Waals surface area (Å²) in [6, 6.07) is 0.758. The van der Waals surface area contributed by atoms with E-state index in [1.54, 1.807) is 29.4 Å². The predicted octanol–water partition coefficient (Wildman–Crippen LogP) is 4.83. The van der Waals surface area contributed by atoms with Gasteiger partial charge in [-0.3, -0.25) is 4.79 Å². The molecular formula is C19H27N3OS2. The average molecular weight is 378 g/mol. The molecule has 0 N–H and O–H groups in total. The lowest BCUT2D eigenvalue weighted by Crippen LogP contribution is -2.44. The molecule has 0 spiro atoms. The second-order valence-corrected chi connectivity index (χ2v) is 9.26. The molecule has 0 aromatic carbocycles. The molecule has 0 aliphatic heterocycles. The number of hydrogen-bond acceptors (Lipinski definition) is 5. The predicted molar refractivity (Wildman–Crippen MR) is 106 cm³/mol. The van der Waals surface area contributed by atoms with Crippen molar-refractivity contribution in [1.82, 2.24) is 14.9 Å². The lowest BCUT2D eigenvalue weighted by molar-refractivity contribution is -0.132. The van der Waals surface area contributed by atoms with Gasteiger partial charge in [0.05, 0.1) is 5.75 Å². The van der Waals surface area contributed by atoms with Gasteiger partial charge in [0, 0.05) is 22.3 Å². The molecule has 136 valence electrons. The van der Waals surface area contributed by atoms with Gasteiger partial charge in [0.1, 0.15) is 16.2 Å². The molecule has 1 fully saturated rings. The number of rotatable bonds is 7. The van der Waals surface area contributed by atoms with E-state index >= 15 is 0 Å². The third kappa shape index (κ3) is 3.85. The summed E-state index contributed by atoms with van der Waals surface area (Å²) in [5, 5.41) is 2.06. The largest absolute Gasteiger partial charge is 0.336 e. The molecule has 1 saturated carbocycles. The van der Waals surface area contributed by atoms with E-state index < -0.39 is 0 Å². The van der Waals surface area contributed by atoms with Gasteiger partial charge in [-0.2, -0.15) is 0 Å². The van der Waals surface area contributed by atoms with Crippen LogP contribution in [0.25, 0.3) is 10.2 Å². The average Bonchev–Trinajstić information content (AvgIpc) is 3.38. The fourth-order valence-corrected chi connectivity index (χ4v) is 5.18. The maximum Gasteiger partial charge on any atom is 0.233 e. The highest BCUT2D eigenvalue weighted by Crippen LogP contribution is 2.36. The van der Waals surface area contributed by atoms with Gasteiger partial charge in [-0.25, -0.2) is 9.97 Å². The molecule has 2 atom stereocenters. The minimum Gasteiger partial charge on any atom is -0.336 e. The van der Waals surface area contributed by atoms with Crippen molar-refractivity contribution >= 4 is 39.2 Å². The Morgan fingerprint density at radius 1 is 1.36 bits per heavy atom. The summed E-state index contributed by atoms with van der Waals surface area (Å²) in [7, 11) is 0. The van der Waals surface area contributed by atoms with Crippen LogP contribution in [0.5, 0.6) is 0 Å². The summed E-state index contributed by atoms with van der Waals surface area (Å²) < 4.78 is 0. The fraction of sp³-hybridized carbons (Fsp3) is 0.632. The molecule has 6 heteroatoms. The molecule has 2 aromatic heterocycles. The van der Waals surface area contributed by atoms with Crippen LogP contribution >= 0.6 is 23.1 Å². The first-order chi connectivity index (χ1) is 11.9. The number of fused-ring (bicyclic) bond motifs is 1. The van der Waals surface area contributed by atoms with Crippen LogP contribution in [0.4, 0.5) is 0 Å². The Morgan fingerprint density at radius 2 is 2.08 bits per heavy atom. The lowest BCUT2D eigenvalue weighted by atomic mass is 9.99. The smallest absolute Gasteiger partial charge is 0.233 e. The molecule has 1 aliphatic carbocycles. The highest BCUT2D eigenvalue weighted by Gasteiger charge is 2.37. The maximum absolute atomic E-state index is 13.0. The van der Waals surface area contributed by atoms with E-state index in [9.17, 15) is 4.79 Å². The normalized spacial score (nSPS) is 16.8. The zero-order valence-electron chi connectivity index (χ0n) is 15.7. The van der Waals surface area contributed by atoms with Crippen LogP contribution < -0.4 is 0 Å². The Labute approximate surface area is 158 Å². The van der Waals surface area contributed by atoms with E-state index in [2.05, 4.69) is 49.5 Å². The van der Waals surface area contributed by atoms with Crippen LogP contribution in [-0.4, -0.2) is 38.6 Å². The Balaban J connectivity index is 1.75. The Kier molecular flexibility index (Phi) is 5.68. The minimum atomic E-state index is 0.247. The van der Waals surface area contributed by atoms with E-state index in [0.717, 1.165) is 34.5 Å². The molecule has 2 heterocycles. The molecule has 0 radical (unpaired) electrons. The molecule has 0 saturated heterocycles. The molecule has 2 aromatic rings. The van der Waals surface area contributed by atoms with Crippen molar-refractivity contribution in [3.63, 3.8) is 0 Å². The van der Waals surface area contributed by atoms with E-state index in [1.807, 2.05) is 0 Å². The summed E-state index contributed by atoms with van der Waals surface area (Å²) in [6.07, 6.45) is 5.02. The monoisotopic (exact) mass is 377 g/mol. The molecule has 0 bridgehead atoms. The summed E-state index contributed by atoms with van der Waals surface area (Å²) in [5.74, 6) is 1.23. The molecule has 4 nitrogen and oxygen atoms in total. The molecule has 2 unspecified atom stereocenters. The van der Waals surface area contributed by atoms with E-state index in [1.165, 1.54) is 10.4 Å². The van der Waals surface area contributed by atoms with Crippen LogP contribution in [0.3, 0.4) is 0 Å². The number of aromatic nitrogens is 2. The van der Waals surface area contributed by atoms with Crippen LogP contribution in [0.2, 0.25) is 0 Å². The van der Waals surface area contributed by atoms with Crippen molar-refractivity contribution in [2.75, 3.05) is 5.75 Å². The van der Waals surface area contributed by atoms with Crippen molar-refractivity contribution < 1.29 is 4.79 Å². The van der Waals surface area contributed by atoms with Gasteiger partial charge in [-0.05, 0) is 45.1 Å². The van der Waals surface area contributed by atoms with Gasteiger partial charge in [0.2, 0.25) is 5.91 Å². The van der Waals surface area contributed by atoms with Gasteiger partial charge in [0.15, 0.2) is 0 Å². The first-order valence-electron chi connectivity index (χ1n) is 9.08. The summed E-state index contributed by atoms with van der Waals surface area (Å²) in [5.41, 5.74) is 1.24. The first kappa shape index (κ1) is 18.6. The van der Waals surface area contributed by atoms with E-state index in [4.69, 9.17) is 0 Å². The van der Waals surface area contributed by atoms with Crippen molar-refractivity contribution in [3.8, 4) is 0 Å². The number of carbonyl (C=O) groups is 1. The number of thioether (sulfide) groups is 1. The first-order valence-corrected chi connectivity index (χ1v) is 10.9. The SMILES string of the molecule is CCC(C)C(C)N(C(=O)CSc1ncnc2sc(C)c(C)c12)C1CC1. The topological polar surface area (TPSA) is 46.1 Å². The Bertz CT molecular complexity index is 769. The minimum absolute atomic E-state index is 0.247. The second-order valence-electron chi connectivity index (χ2n) is 7.09. The van der Waals surface area contributed by atoms with Crippen LogP contribution in [0.15, 0.2) is 11.4 Å². The highest BCUT2D eigenvalue weighted by molar-refractivity contribution is 8.00. The van der Waals surface area contributed by atoms with Crippen molar-refractivity contribution in [1.29, 1.82) is 0 Å². The van der Waals surface area contributed by atoms with Gasteiger partial charge < -0.3 is 4.90 Å². The number of hydrogen-bond donors (Lipinski definition) is 0. The number of aryl methyl sites for hydroxylation is 2. The highest BCUT2D eigenvalue weighted by atomic mass is 32.2.